The fraction of sp³-hybridized carbons (Fsp3) is 0.250. The first-order valence-electron chi connectivity index (χ1n) is 5.23. The lowest BCUT2D eigenvalue weighted by Gasteiger charge is -2.09. The largest absolute Gasteiger partial charge is 0.491 e. The molecule has 0 radical (unpaired) electrons. The number of benzene rings is 1. The van der Waals surface area contributed by atoms with Gasteiger partial charge in [0.15, 0.2) is 17.4 Å². The van der Waals surface area contributed by atoms with E-state index in [0.29, 0.717) is 12.1 Å². The minimum Gasteiger partial charge on any atom is -0.491 e. The molecule has 90 valence electrons. The zero-order valence-electron chi connectivity index (χ0n) is 9.58. The highest BCUT2D eigenvalue weighted by molar-refractivity contribution is 5.41. The van der Waals surface area contributed by atoms with E-state index in [-0.39, 0.29) is 5.75 Å². The minimum atomic E-state index is -0.724. The smallest absolute Gasteiger partial charge is 0.190 e. The van der Waals surface area contributed by atoms with Crippen molar-refractivity contribution in [3.05, 3.63) is 42.0 Å². The number of ether oxygens (including phenoxy) is 1. The van der Waals surface area contributed by atoms with Gasteiger partial charge in [0, 0.05) is 30.9 Å². The van der Waals surface area contributed by atoms with Crippen molar-refractivity contribution >= 4 is 0 Å². The maximum Gasteiger partial charge on any atom is 0.190 e. The van der Waals surface area contributed by atoms with E-state index in [1.54, 1.807) is 17.0 Å². The first kappa shape index (κ1) is 11.6. The average Bonchev–Trinajstić information content (AvgIpc) is 2.76. The lowest BCUT2D eigenvalue weighted by molar-refractivity contribution is 0.359. The number of aryl methyl sites for hydroxylation is 1. The molecule has 2 rings (SSSR count). The Hall–Kier alpha value is -1.91. The van der Waals surface area contributed by atoms with Gasteiger partial charge in [-0.1, -0.05) is 6.92 Å². The Kier molecular flexibility index (Phi) is 3.08. The summed E-state index contributed by atoms with van der Waals surface area (Å²) >= 11 is 0. The Morgan fingerprint density at radius 3 is 2.47 bits per heavy atom. The van der Waals surface area contributed by atoms with Crippen LogP contribution in [0.25, 0.3) is 5.69 Å². The molecule has 0 unspecified atom stereocenters. The number of halogens is 2. The standard InChI is InChI=1S/C12H12F2N2O/c1-3-11-15-4-5-16(11)8-6-9(13)12(17-2)10(14)7-8/h4-7H,3H2,1-2H3. The van der Waals surface area contributed by atoms with Crippen molar-refractivity contribution < 1.29 is 13.5 Å². The Bertz CT molecular complexity index is 514. The van der Waals surface area contributed by atoms with E-state index in [1.165, 1.54) is 19.2 Å². The van der Waals surface area contributed by atoms with Gasteiger partial charge in [0.25, 0.3) is 0 Å². The lowest BCUT2D eigenvalue weighted by Crippen LogP contribution is -2.02. The SMILES string of the molecule is CCc1nccn1-c1cc(F)c(OC)c(F)c1. The van der Waals surface area contributed by atoms with Gasteiger partial charge in [0.2, 0.25) is 0 Å². The zero-order valence-corrected chi connectivity index (χ0v) is 9.58. The number of hydrogen-bond donors (Lipinski definition) is 0. The van der Waals surface area contributed by atoms with Crippen LogP contribution < -0.4 is 4.74 Å². The van der Waals surface area contributed by atoms with Crippen molar-refractivity contribution in [1.29, 1.82) is 0 Å². The molecule has 0 amide bonds. The highest BCUT2D eigenvalue weighted by atomic mass is 19.1. The van der Waals surface area contributed by atoms with Gasteiger partial charge in [-0.2, -0.15) is 0 Å². The highest BCUT2D eigenvalue weighted by Gasteiger charge is 2.13. The molecule has 1 aromatic heterocycles. The summed E-state index contributed by atoms with van der Waals surface area (Å²) in [7, 11) is 1.23. The van der Waals surface area contributed by atoms with E-state index in [0.717, 1.165) is 5.82 Å². The van der Waals surface area contributed by atoms with Crippen LogP contribution in [0.2, 0.25) is 0 Å². The Morgan fingerprint density at radius 2 is 1.94 bits per heavy atom. The fourth-order valence-corrected chi connectivity index (χ4v) is 1.71. The van der Waals surface area contributed by atoms with E-state index in [2.05, 4.69) is 9.72 Å². The van der Waals surface area contributed by atoms with Crippen molar-refractivity contribution in [3.8, 4) is 11.4 Å². The monoisotopic (exact) mass is 238 g/mol. The number of aromatic nitrogens is 2. The van der Waals surface area contributed by atoms with E-state index in [4.69, 9.17) is 0 Å². The fourth-order valence-electron chi connectivity index (χ4n) is 1.71. The predicted molar refractivity (Wildman–Crippen MR) is 59.4 cm³/mol. The molecule has 0 aliphatic heterocycles. The number of rotatable bonds is 3. The quantitative estimate of drug-likeness (QED) is 0.822. The first-order chi connectivity index (χ1) is 8.17. The molecule has 0 atom stereocenters. The van der Waals surface area contributed by atoms with E-state index >= 15 is 0 Å². The van der Waals surface area contributed by atoms with E-state index in [1.807, 2.05) is 6.92 Å². The molecule has 17 heavy (non-hydrogen) atoms. The molecule has 0 N–H and O–H groups in total. The number of nitrogens with zero attached hydrogens (tertiary/aromatic N) is 2. The van der Waals surface area contributed by atoms with E-state index in [9.17, 15) is 8.78 Å². The third-order valence-corrected chi connectivity index (χ3v) is 2.50. The van der Waals surface area contributed by atoms with Crippen LogP contribution in [0.3, 0.4) is 0 Å². The van der Waals surface area contributed by atoms with Gasteiger partial charge in [-0.25, -0.2) is 13.8 Å². The molecule has 0 spiro atoms. The second-order valence-corrected chi connectivity index (χ2v) is 3.51. The molecule has 3 nitrogen and oxygen atoms in total. The topological polar surface area (TPSA) is 27.1 Å². The van der Waals surface area contributed by atoms with Crippen LogP contribution in [0.5, 0.6) is 5.75 Å². The summed E-state index contributed by atoms with van der Waals surface area (Å²) in [6.45, 7) is 1.93. The number of hydrogen-bond acceptors (Lipinski definition) is 2. The van der Waals surface area contributed by atoms with Gasteiger partial charge in [0.1, 0.15) is 5.82 Å². The van der Waals surface area contributed by atoms with E-state index < -0.39 is 11.6 Å². The van der Waals surface area contributed by atoms with Crippen molar-refractivity contribution in [2.45, 2.75) is 13.3 Å². The van der Waals surface area contributed by atoms with Gasteiger partial charge in [-0.3, -0.25) is 0 Å². The Labute approximate surface area is 97.7 Å². The Morgan fingerprint density at radius 1 is 1.29 bits per heavy atom. The third-order valence-electron chi connectivity index (χ3n) is 2.50. The normalized spacial score (nSPS) is 10.6. The van der Waals surface area contributed by atoms with Crippen molar-refractivity contribution in [3.63, 3.8) is 0 Å². The van der Waals surface area contributed by atoms with Gasteiger partial charge >= 0.3 is 0 Å². The second-order valence-electron chi connectivity index (χ2n) is 3.51. The Balaban J connectivity index is 2.54. The molecule has 0 saturated heterocycles. The second kappa shape index (κ2) is 4.53. The summed E-state index contributed by atoms with van der Waals surface area (Å²) in [5.41, 5.74) is 0.398. The summed E-state index contributed by atoms with van der Waals surface area (Å²) in [4.78, 5) is 4.10. The molecule has 5 heteroatoms. The summed E-state index contributed by atoms with van der Waals surface area (Å²) in [5.74, 6) is -1.07. The van der Waals surface area contributed by atoms with Gasteiger partial charge in [0.05, 0.1) is 12.8 Å². The van der Waals surface area contributed by atoms with Crippen molar-refractivity contribution in [1.82, 2.24) is 9.55 Å². The molecular formula is C12H12F2N2O. The maximum atomic E-state index is 13.5. The predicted octanol–water partition coefficient (Wildman–Crippen LogP) is 2.72. The molecule has 0 aliphatic carbocycles. The molecule has 1 heterocycles. The number of methoxy groups -OCH3 is 1. The molecule has 0 fully saturated rings. The lowest BCUT2D eigenvalue weighted by atomic mass is 10.2. The van der Waals surface area contributed by atoms with Crippen LogP contribution in [-0.2, 0) is 6.42 Å². The summed E-state index contributed by atoms with van der Waals surface area (Å²) in [6.07, 6.45) is 3.95. The summed E-state index contributed by atoms with van der Waals surface area (Å²) in [5, 5.41) is 0. The molecule has 0 saturated carbocycles. The molecule has 2 aromatic rings. The van der Waals surface area contributed by atoms with Crippen LogP contribution in [0.15, 0.2) is 24.5 Å². The van der Waals surface area contributed by atoms with Crippen LogP contribution in [0.4, 0.5) is 8.78 Å². The first-order valence-corrected chi connectivity index (χ1v) is 5.23. The van der Waals surface area contributed by atoms with Gasteiger partial charge in [-0.05, 0) is 0 Å². The van der Waals surface area contributed by atoms with Crippen LogP contribution in [0.1, 0.15) is 12.7 Å². The molecule has 1 aromatic carbocycles. The zero-order chi connectivity index (χ0) is 12.4. The average molecular weight is 238 g/mol. The summed E-state index contributed by atoms with van der Waals surface area (Å²) in [6, 6.07) is 2.45. The van der Waals surface area contributed by atoms with Gasteiger partial charge in [-0.15, -0.1) is 0 Å². The molecular weight excluding hydrogens is 226 g/mol. The van der Waals surface area contributed by atoms with Crippen LogP contribution in [-0.4, -0.2) is 16.7 Å². The molecule has 0 bridgehead atoms. The number of imidazole rings is 1. The summed E-state index contributed by atoms with van der Waals surface area (Å²) < 4.78 is 33.4. The highest BCUT2D eigenvalue weighted by Crippen LogP contribution is 2.25. The van der Waals surface area contributed by atoms with Crippen LogP contribution in [0, 0.1) is 11.6 Å². The maximum absolute atomic E-state index is 13.5. The van der Waals surface area contributed by atoms with Gasteiger partial charge < -0.3 is 9.30 Å². The minimum absolute atomic E-state index is 0.369. The van der Waals surface area contributed by atoms with Crippen molar-refractivity contribution in [2.24, 2.45) is 0 Å². The third kappa shape index (κ3) is 2.00. The van der Waals surface area contributed by atoms with Crippen molar-refractivity contribution in [2.75, 3.05) is 7.11 Å². The van der Waals surface area contributed by atoms with Crippen LogP contribution >= 0.6 is 0 Å². The molecule has 0 aliphatic rings.